The van der Waals surface area contributed by atoms with Crippen molar-refractivity contribution in [3.8, 4) is 11.8 Å². The zero-order valence-corrected chi connectivity index (χ0v) is 12.3. The molecule has 0 saturated carbocycles. The van der Waals surface area contributed by atoms with E-state index in [1.807, 2.05) is 26.2 Å². The van der Waals surface area contributed by atoms with Crippen molar-refractivity contribution in [2.75, 3.05) is 33.7 Å². The van der Waals surface area contributed by atoms with Crippen molar-refractivity contribution in [3.63, 3.8) is 0 Å². The fourth-order valence-corrected chi connectivity index (χ4v) is 1.72. The lowest BCUT2D eigenvalue weighted by molar-refractivity contribution is 0.0953. The Bertz CT molecular complexity index is 469. The number of nitrogens with zero attached hydrogens (tertiary/aromatic N) is 1. The van der Waals surface area contributed by atoms with E-state index in [2.05, 4.69) is 22.1 Å². The van der Waals surface area contributed by atoms with Crippen LogP contribution in [-0.4, -0.2) is 44.5 Å². The normalized spacial score (nSPS) is 10.0. The summed E-state index contributed by atoms with van der Waals surface area (Å²) < 4.78 is 0. The van der Waals surface area contributed by atoms with Gasteiger partial charge < -0.3 is 16.0 Å². The molecular formula is C16H23N3O. The van der Waals surface area contributed by atoms with E-state index in [0.717, 1.165) is 24.9 Å². The Kier molecular flexibility index (Phi) is 7.41. The Morgan fingerprint density at radius 1 is 1.25 bits per heavy atom. The summed E-state index contributed by atoms with van der Waals surface area (Å²) in [7, 11) is 4.10. The first-order chi connectivity index (χ1) is 9.63. The number of rotatable bonds is 6. The van der Waals surface area contributed by atoms with Crippen LogP contribution in [0.5, 0.6) is 0 Å². The second kappa shape index (κ2) is 9.13. The van der Waals surface area contributed by atoms with Gasteiger partial charge in [-0.3, -0.25) is 4.79 Å². The van der Waals surface area contributed by atoms with E-state index in [4.69, 9.17) is 5.73 Å². The third-order valence-electron chi connectivity index (χ3n) is 2.80. The molecule has 1 aromatic carbocycles. The van der Waals surface area contributed by atoms with Crippen molar-refractivity contribution in [2.24, 2.45) is 5.73 Å². The summed E-state index contributed by atoms with van der Waals surface area (Å²) in [5.74, 6) is 5.68. The predicted octanol–water partition coefficient (Wildman–Crippen LogP) is 1.07. The summed E-state index contributed by atoms with van der Waals surface area (Å²) in [6, 6.07) is 7.25. The molecule has 1 rings (SSSR count). The molecule has 0 aliphatic rings. The van der Waals surface area contributed by atoms with Crippen molar-refractivity contribution in [1.29, 1.82) is 0 Å². The van der Waals surface area contributed by atoms with Gasteiger partial charge in [0.2, 0.25) is 0 Å². The Labute approximate surface area is 121 Å². The highest BCUT2D eigenvalue weighted by Gasteiger charge is 2.03. The van der Waals surface area contributed by atoms with Crippen molar-refractivity contribution in [1.82, 2.24) is 10.2 Å². The smallest absolute Gasteiger partial charge is 0.251 e. The predicted molar refractivity (Wildman–Crippen MR) is 82.5 cm³/mol. The minimum absolute atomic E-state index is 0.0341. The quantitative estimate of drug-likeness (QED) is 0.602. The highest BCUT2D eigenvalue weighted by molar-refractivity contribution is 5.94. The van der Waals surface area contributed by atoms with Crippen LogP contribution in [0.15, 0.2) is 24.3 Å². The summed E-state index contributed by atoms with van der Waals surface area (Å²) in [5.41, 5.74) is 6.85. The molecule has 108 valence electrons. The largest absolute Gasteiger partial charge is 0.352 e. The molecule has 20 heavy (non-hydrogen) atoms. The molecule has 0 aromatic heterocycles. The molecule has 4 heteroatoms. The molecule has 0 aliphatic heterocycles. The second-order valence-corrected chi connectivity index (χ2v) is 4.85. The molecule has 0 radical (unpaired) electrons. The Balaban J connectivity index is 2.36. The number of carbonyl (C=O) groups is 1. The van der Waals surface area contributed by atoms with Gasteiger partial charge in [-0.1, -0.05) is 11.8 Å². The van der Waals surface area contributed by atoms with Crippen LogP contribution in [0.1, 0.15) is 28.8 Å². The minimum atomic E-state index is -0.0341. The van der Waals surface area contributed by atoms with E-state index >= 15 is 0 Å². The molecule has 0 bridgehead atoms. The molecule has 0 heterocycles. The van der Waals surface area contributed by atoms with Gasteiger partial charge in [0.25, 0.3) is 5.91 Å². The molecule has 1 amide bonds. The summed E-state index contributed by atoms with van der Waals surface area (Å²) in [5, 5.41) is 2.92. The standard InChI is InChI=1S/C16H23N3O/c1-19(2)13-4-3-12-18-16(20)15-9-7-14(8-10-15)6-5-11-17/h7-10H,3-4,11-13,17H2,1-2H3,(H,18,20). The number of hydrogen-bond donors (Lipinski definition) is 2. The topological polar surface area (TPSA) is 58.4 Å². The van der Waals surface area contributed by atoms with Crippen molar-refractivity contribution in [3.05, 3.63) is 35.4 Å². The third-order valence-corrected chi connectivity index (χ3v) is 2.80. The number of hydrogen-bond acceptors (Lipinski definition) is 3. The number of amides is 1. The zero-order chi connectivity index (χ0) is 14.8. The van der Waals surface area contributed by atoms with E-state index in [1.165, 1.54) is 0 Å². The van der Waals surface area contributed by atoms with Gasteiger partial charge in [-0.25, -0.2) is 0 Å². The number of benzene rings is 1. The van der Waals surface area contributed by atoms with Gasteiger partial charge in [0.05, 0.1) is 6.54 Å². The van der Waals surface area contributed by atoms with Crippen LogP contribution in [-0.2, 0) is 0 Å². The average molecular weight is 273 g/mol. The number of nitrogens with one attached hydrogen (secondary N) is 1. The van der Waals surface area contributed by atoms with Crippen molar-refractivity contribution >= 4 is 5.91 Å². The van der Waals surface area contributed by atoms with Gasteiger partial charge >= 0.3 is 0 Å². The minimum Gasteiger partial charge on any atom is -0.352 e. The number of carbonyl (C=O) groups excluding carboxylic acids is 1. The number of unbranched alkanes of at least 4 members (excludes halogenated alkanes) is 1. The second-order valence-electron chi connectivity index (χ2n) is 4.85. The molecule has 1 aromatic rings. The van der Waals surface area contributed by atoms with Crippen LogP contribution in [0.2, 0.25) is 0 Å². The molecule has 0 aliphatic carbocycles. The zero-order valence-electron chi connectivity index (χ0n) is 12.3. The van der Waals surface area contributed by atoms with Gasteiger partial charge in [0, 0.05) is 17.7 Å². The first-order valence-corrected chi connectivity index (χ1v) is 6.85. The fourth-order valence-electron chi connectivity index (χ4n) is 1.72. The monoisotopic (exact) mass is 273 g/mol. The SMILES string of the molecule is CN(C)CCCCNC(=O)c1ccc(C#CCN)cc1. The number of nitrogens with two attached hydrogens (primary N) is 1. The van der Waals surface area contributed by atoms with E-state index in [9.17, 15) is 4.79 Å². The molecule has 3 N–H and O–H groups in total. The van der Waals surface area contributed by atoms with E-state index in [-0.39, 0.29) is 5.91 Å². The van der Waals surface area contributed by atoms with Gasteiger partial charge in [-0.05, 0) is 57.7 Å². The fraction of sp³-hybridized carbons (Fsp3) is 0.438. The highest BCUT2D eigenvalue weighted by Crippen LogP contribution is 2.03. The lowest BCUT2D eigenvalue weighted by Crippen LogP contribution is -2.25. The molecule has 0 unspecified atom stereocenters. The lowest BCUT2D eigenvalue weighted by Gasteiger charge is -2.09. The third kappa shape index (κ3) is 6.37. The maximum atomic E-state index is 11.9. The Hall–Kier alpha value is -1.83. The van der Waals surface area contributed by atoms with Crippen LogP contribution in [0, 0.1) is 11.8 Å². The Morgan fingerprint density at radius 3 is 2.55 bits per heavy atom. The molecule has 4 nitrogen and oxygen atoms in total. The maximum absolute atomic E-state index is 11.9. The molecule has 0 spiro atoms. The van der Waals surface area contributed by atoms with Crippen LogP contribution in [0.4, 0.5) is 0 Å². The maximum Gasteiger partial charge on any atom is 0.251 e. The summed E-state index contributed by atoms with van der Waals surface area (Å²) in [6.45, 7) is 2.10. The first kappa shape index (κ1) is 16.2. The van der Waals surface area contributed by atoms with Crippen LogP contribution >= 0.6 is 0 Å². The molecular weight excluding hydrogens is 250 g/mol. The van der Waals surface area contributed by atoms with Crippen LogP contribution < -0.4 is 11.1 Å². The molecule has 0 fully saturated rings. The Morgan fingerprint density at radius 2 is 1.95 bits per heavy atom. The van der Waals surface area contributed by atoms with Crippen molar-refractivity contribution < 1.29 is 4.79 Å². The molecule has 0 atom stereocenters. The van der Waals surface area contributed by atoms with Gasteiger partial charge in [0.1, 0.15) is 0 Å². The van der Waals surface area contributed by atoms with E-state index < -0.39 is 0 Å². The van der Waals surface area contributed by atoms with Crippen LogP contribution in [0.3, 0.4) is 0 Å². The van der Waals surface area contributed by atoms with E-state index in [1.54, 1.807) is 12.1 Å². The molecule has 0 saturated heterocycles. The average Bonchev–Trinajstić information content (AvgIpc) is 2.44. The first-order valence-electron chi connectivity index (χ1n) is 6.85. The van der Waals surface area contributed by atoms with Gasteiger partial charge in [-0.2, -0.15) is 0 Å². The van der Waals surface area contributed by atoms with Gasteiger partial charge in [-0.15, -0.1) is 0 Å². The summed E-state index contributed by atoms with van der Waals surface area (Å²) >= 11 is 0. The van der Waals surface area contributed by atoms with Gasteiger partial charge in [0.15, 0.2) is 0 Å². The van der Waals surface area contributed by atoms with Crippen LogP contribution in [0.25, 0.3) is 0 Å². The summed E-state index contributed by atoms with van der Waals surface area (Å²) in [4.78, 5) is 14.0. The highest BCUT2D eigenvalue weighted by atomic mass is 16.1. The lowest BCUT2D eigenvalue weighted by atomic mass is 10.1. The summed E-state index contributed by atoms with van der Waals surface area (Å²) in [6.07, 6.45) is 2.07. The van der Waals surface area contributed by atoms with Crippen molar-refractivity contribution in [2.45, 2.75) is 12.8 Å². The van der Waals surface area contributed by atoms with E-state index in [0.29, 0.717) is 18.7 Å².